The molecular weight excluding hydrogens is 170 g/mol. The normalized spacial score (nSPS) is 10.2. The highest BCUT2D eigenvalue weighted by Gasteiger charge is 2.03. The number of aryl methyl sites for hydroxylation is 2. The minimum atomic E-state index is 0.518. The fraction of sp³-hybridized carbons (Fsp3) is 0.500. The lowest BCUT2D eigenvalue weighted by Gasteiger charge is -2.01. The number of hydrogen-bond donors (Lipinski definition) is 1. The van der Waals surface area contributed by atoms with Crippen LogP contribution in [0.15, 0.2) is 6.07 Å². The summed E-state index contributed by atoms with van der Waals surface area (Å²) in [5.41, 5.74) is 7.56. The van der Waals surface area contributed by atoms with E-state index in [-0.39, 0.29) is 0 Å². The molecule has 0 fully saturated rings. The van der Waals surface area contributed by atoms with E-state index in [1.54, 1.807) is 0 Å². The lowest BCUT2D eigenvalue weighted by Crippen LogP contribution is -2.14. The van der Waals surface area contributed by atoms with Crippen LogP contribution >= 0.6 is 12.2 Å². The highest BCUT2D eigenvalue weighted by atomic mass is 32.1. The van der Waals surface area contributed by atoms with Crippen molar-refractivity contribution in [2.24, 2.45) is 5.73 Å². The lowest BCUT2D eigenvalue weighted by atomic mass is 10.3. The number of hydrogen-bond acceptors (Lipinski definition) is 2. The summed E-state index contributed by atoms with van der Waals surface area (Å²) in [6, 6.07) is 2.02. The van der Waals surface area contributed by atoms with E-state index >= 15 is 0 Å². The highest BCUT2D eigenvalue weighted by molar-refractivity contribution is 7.80. The Morgan fingerprint density at radius 2 is 2.42 bits per heavy atom. The average molecular weight is 183 g/mol. The molecule has 4 heteroatoms. The van der Waals surface area contributed by atoms with Gasteiger partial charge in [0.25, 0.3) is 0 Å². The summed E-state index contributed by atoms with van der Waals surface area (Å²) >= 11 is 4.83. The third-order valence-corrected chi connectivity index (χ3v) is 1.78. The SMILES string of the molecule is CCn1nc(C)cc1CC(N)=S. The zero-order valence-corrected chi connectivity index (χ0v) is 8.19. The number of thiocarbonyl (C=S) groups is 1. The largest absolute Gasteiger partial charge is 0.393 e. The first-order valence-electron chi connectivity index (χ1n) is 3.95. The van der Waals surface area contributed by atoms with Crippen LogP contribution in [0.2, 0.25) is 0 Å². The van der Waals surface area contributed by atoms with E-state index in [0.29, 0.717) is 11.4 Å². The van der Waals surface area contributed by atoms with E-state index < -0.39 is 0 Å². The van der Waals surface area contributed by atoms with Crippen molar-refractivity contribution >= 4 is 17.2 Å². The summed E-state index contributed by atoms with van der Waals surface area (Å²) in [5, 5.41) is 4.28. The van der Waals surface area contributed by atoms with Gasteiger partial charge in [0.1, 0.15) is 0 Å². The molecule has 0 aliphatic rings. The van der Waals surface area contributed by atoms with E-state index in [1.807, 2.05) is 17.7 Å². The van der Waals surface area contributed by atoms with Gasteiger partial charge in [0, 0.05) is 18.7 Å². The van der Waals surface area contributed by atoms with Gasteiger partial charge < -0.3 is 5.73 Å². The molecule has 0 bridgehead atoms. The Hall–Kier alpha value is -0.900. The monoisotopic (exact) mass is 183 g/mol. The molecule has 0 atom stereocenters. The first kappa shape index (κ1) is 9.19. The standard InChI is InChI=1S/C8H13N3S/c1-3-11-7(5-8(9)12)4-6(2)10-11/h4H,3,5H2,1-2H3,(H2,9,12). The summed E-state index contributed by atoms with van der Waals surface area (Å²) < 4.78 is 1.93. The third-order valence-electron chi connectivity index (χ3n) is 1.64. The van der Waals surface area contributed by atoms with Gasteiger partial charge in [0.05, 0.1) is 10.7 Å². The maximum atomic E-state index is 5.45. The van der Waals surface area contributed by atoms with Crippen LogP contribution in [0.4, 0.5) is 0 Å². The topological polar surface area (TPSA) is 43.8 Å². The van der Waals surface area contributed by atoms with Crippen LogP contribution in [0.1, 0.15) is 18.3 Å². The van der Waals surface area contributed by atoms with Crippen molar-refractivity contribution in [2.45, 2.75) is 26.8 Å². The Morgan fingerprint density at radius 3 is 2.92 bits per heavy atom. The maximum absolute atomic E-state index is 5.45. The molecule has 0 aliphatic carbocycles. The second kappa shape index (κ2) is 3.67. The van der Waals surface area contributed by atoms with Crippen LogP contribution in [-0.2, 0) is 13.0 Å². The van der Waals surface area contributed by atoms with E-state index in [1.165, 1.54) is 0 Å². The number of aromatic nitrogens is 2. The Bertz CT molecular complexity index is 290. The molecule has 0 saturated carbocycles. The smallest absolute Gasteiger partial charge is 0.0787 e. The van der Waals surface area contributed by atoms with Crippen LogP contribution in [0.5, 0.6) is 0 Å². The first-order valence-corrected chi connectivity index (χ1v) is 4.36. The molecule has 0 amide bonds. The van der Waals surface area contributed by atoms with Crippen molar-refractivity contribution in [2.75, 3.05) is 0 Å². The molecule has 0 saturated heterocycles. The van der Waals surface area contributed by atoms with Crippen molar-refractivity contribution in [1.82, 2.24) is 9.78 Å². The lowest BCUT2D eigenvalue weighted by molar-refractivity contribution is 0.629. The predicted molar refractivity (Wildman–Crippen MR) is 53.1 cm³/mol. The molecule has 1 rings (SSSR count). The second-order valence-electron chi connectivity index (χ2n) is 2.74. The summed E-state index contributed by atoms with van der Waals surface area (Å²) in [4.78, 5) is 0.518. The summed E-state index contributed by atoms with van der Waals surface area (Å²) in [6.45, 7) is 4.89. The van der Waals surface area contributed by atoms with Crippen LogP contribution in [0.25, 0.3) is 0 Å². The van der Waals surface area contributed by atoms with E-state index in [4.69, 9.17) is 18.0 Å². The Morgan fingerprint density at radius 1 is 1.75 bits per heavy atom. The fourth-order valence-corrected chi connectivity index (χ4v) is 1.34. The highest BCUT2D eigenvalue weighted by Crippen LogP contribution is 2.04. The zero-order chi connectivity index (χ0) is 9.14. The molecule has 0 spiro atoms. The first-order chi connectivity index (χ1) is 5.63. The number of nitrogens with two attached hydrogens (primary N) is 1. The van der Waals surface area contributed by atoms with Gasteiger partial charge >= 0.3 is 0 Å². The molecule has 0 unspecified atom stereocenters. The second-order valence-corrected chi connectivity index (χ2v) is 3.26. The van der Waals surface area contributed by atoms with Gasteiger partial charge in [0.2, 0.25) is 0 Å². The zero-order valence-electron chi connectivity index (χ0n) is 7.37. The Labute approximate surface area is 77.6 Å². The van der Waals surface area contributed by atoms with Gasteiger partial charge in [-0.2, -0.15) is 5.10 Å². The third kappa shape index (κ3) is 2.04. The van der Waals surface area contributed by atoms with Gasteiger partial charge in [-0.15, -0.1) is 0 Å². The number of nitrogens with zero attached hydrogens (tertiary/aromatic N) is 2. The van der Waals surface area contributed by atoms with Crippen molar-refractivity contribution < 1.29 is 0 Å². The summed E-state index contributed by atoms with van der Waals surface area (Å²) in [7, 11) is 0. The quantitative estimate of drug-likeness (QED) is 0.712. The summed E-state index contributed by atoms with van der Waals surface area (Å²) in [6.07, 6.45) is 0.643. The molecule has 1 aromatic rings. The molecule has 12 heavy (non-hydrogen) atoms. The maximum Gasteiger partial charge on any atom is 0.0787 e. The summed E-state index contributed by atoms with van der Waals surface area (Å²) in [5.74, 6) is 0. The molecule has 3 nitrogen and oxygen atoms in total. The fourth-order valence-electron chi connectivity index (χ4n) is 1.19. The predicted octanol–water partition coefficient (Wildman–Crippen LogP) is 1.04. The molecule has 2 N–H and O–H groups in total. The molecule has 0 radical (unpaired) electrons. The molecule has 0 aromatic carbocycles. The van der Waals surface area contributed by atoms with Gasteiger partial charge in [-0.05, 0) is 19.9 Å². The molecule has 0 aliphatic heterocycles. The molecule has 1 heterocycles. The Kier molecular flexibility index (Phi) is 2.81. The van der Waals surface area contributed by atoms with E-state index in [9.17, 15) is 0 Å². The molecule has 1 aromatic heterocycles. The van der Waals surface area contributed by atoms with E-state index in [2.05, 4.69) is 12.0 Å². The van der Waals surface area contributed by atoms with Crippen LogP contribution in [0, 0.1) is 6.92 Å². The van der Waals surface area contributed by atoms with Crippen molar-refractivity contribution in [3.8, 4) is 0 Å². The van der Waals surface area contributed by atoms with Crippen LogP contribution in [-0.4, -0.2) is 14.8 Å². The van der Waals surface area contributed by atoms with Crippen LogP contribution < -0.4 is 5.73 Å². The van der Waals surface area contributed by atoms with Gasteiger partial charge in [-0.3, -0.25) is 4.68 Å². The van der Waals surface area contributed by atoms with E-state index in [0.717, 1.165) is 17.9 Å². The van der Waals surface area contributed by atoms with Crippen molar-refractivity contribution in [3.63, 3.8) is 0 Å². The minimum absolute atomic E-state index is 0.518. The van der Waals surface area contributed by atoms with Crippen molar-refractivity contribution in [1.29, 1.82) is 0 Å². The molecule has 66 valence electrons. The Balaban J connectivity index is 2.89. The van der Waals surface area contributed by atoms with Gasteiger partial charge in [-0.25, -0.2) is 0 Å². The van der Waals surface area contributed by atoms with Crippen molar-refractivity contribution in [3.05, 3.63) is 17.5 Å². The van der Waals surface area contributed by atoms with Gasteiger partial charge in [0.15, 0.2) is 0 Å². The number of rotatable bonds is 3. The minimum Gasteiger partial charge on any atom is -0.393 e. The average Bonchev–Trinajstić information content (AvgIpc) is 2.29. The van der Waals surface area contributed by atoms with Crippen LogP contribution in [0.3, 0.4) is 0 Å². The van der Waals surface area contributed by atoms with Gasteiger partial charge in [-0.1, -0.05) is 12.2 Å². The molecular formula is C8H13N3S.